The van der Waals surface area contributed by atoms with Crippen LogP contribution in [0.4, 0.5) is 0 Å². The predicted molar refractivity (Wildman–Crippen MR) is 42.7 cm³/mol. The molecule has 0 heterocycles. The molecule has 1 unspecified atom stereocenters. The summed E-state index contributed by atoms with van der Waals surface area (Å²) in [5.74, 6) is -1.12. The summed E-state index contributed by atoms with van der Waals surface area (Å²) >= 11 is 0. The number of carbonyl (C=O) groups is 1. The summed E-state index contributed by atoms with van der Waals surface area (Å²) in [6.45, 7) is 4.26. The van der Waals surface area contributed by atoms with E-state index in [0.717, 1.165) is 0 Å². The van der Waals surface area contributed by atoms with Gasteiger partial charge in [-0.3, -0.25) is 4.79 Å². The van der Waals surface area contributed by atoms with Gasteiger partial charge < -0.3 is 20.3 Å². The highest BCUT2D eigenvalue weighted by atomic mass is 16.7. The molecule has 5 heteroatoms. The van der Waals surface area contributed by atoms with Crippen molar-refractivity contribution in [1.29, 1.82) is 0 Å². The molecule has 0 bridgehead atoms. The first-order valence-electron chi connectivity index (χ1n) is 3.85. The largest absolute Gasteiger partial charge is 0.480 e. The zero-order valence-electron chi connectivity index (χ0n) is 7.32. The molecule has 0 aromatic heterocycles. The third-order valence-electron chi connectivity index (χ3n) is 1.24. The van der Waals surface area contributed by atoms with Gasteiger partial charge in [0.25, 0.3) is 0 Å². The van der Waals surface area contributed by atoms with E-state index in [2.05, 4.69) is 0 Å². The van der Waals surface area contributed by atoms with E-state index in [4.69, 9.17) is 20.3 Å². The lowest BCUT2D eigenvalue weighted by molar-refractivity contribution is -0.170. The zero-order chi connectivity index (χ0) is 9.56. The molecule has 0 rings (SSSR count). The first-order valence-corrected chi connectivity index (χ1v) is 3.85. The van der Waals surface area contributed by atoms with E-state index in [0.29, 0.717) is 13.2 Å². The quantitative estimate of drug-likeness (QED) is 0.549. The third-order valence-corrected chi connectivity index (χ3v) is 1.24. The number of hydrogen-bond donors (Lipinski definition) is 2. The summed E-state index contributed by atoms with van der Waals surface area (Å²) in [6, 6.07) is -1.12. The van der Waals surface area contributed by atoms with Gasteiger partial charge in [0.2, 0.25) is 0 Å². The van der Waals surface area contributed by atoms with Gasteiger partial charge in [-0.05, 0) is 13.8 Å². The Bertz CT molecular complexity index is 133. The zero-order valence-corrected chi connectivity index (χ0v) is 7.32. The molecular formula is C7H15NO4. The van der Waals surface area contributed by atoms with Crippen LogP contribution in [0.3, 0.4) is 0 Å². The van der Waals surface area contributed by atoms with Crippen molar-refractivity contribution in [2.75, 3.05) is 13.2 Å². The monoisotopic (exact) mass is 177 g/mol. The van der Waals surface area contributed by atoms with Crippen molar-refractivity contribution in [3.05, 3.63) is 0 Å². The third kappa shape index (κ3) is 3.66. The maximum atomic E-state index is 10.4. The summed E-state index contributed by atoms with van der Waals surface area (Å²) in [6.07, 6.45) is -0.850. The number of ether oxygens (including phenoxy) is 2. The fraction of sp³-hybridized carbons (Fsp3) is 0.857. The molecule has 0 radical (unpaired) electrons. The van der Waals surface area contributed by atoms with Crippen LogP contribution in [-0.2, 0) is 14.3 Å². The van der Waals surface area contributed by atoms with E-state index in [9.17, 15) is 4.79 Å². The van der Waals surface area contributed by atoms with E-state index in [1.165, 1.54) is 0 Å². The summed E-state index contributed by atoms with van der Waals surface area (Å²) in [5, 5.41) is 8.52. The van der Waals surface area contributed by atoms with Gasteiger partial charge in [0.15, 0.2) is 12.3 Å². The molecule has 0 aromatic carbocycles. The number of aliphatic carboxylic acids is 1. The van der Waals surface area contributed by atoms with Crippen molar-refractivity contribution in [2.45, 2.75) is 26.2 Å². The van der Waals surface area contributed by atoms with E-state index < -0.39 is 18.3 Å². The molecule has 0 saturated carbocycles. The van der Waals surface area contributed by atoms with Crippen LogP contribution in [0, 0.1) is 0 Å². The molecule has 0 aromatic rings. The molecule has 1 atom stereocenters. The van der Waals surface area contributed by atoms with Crippen molar-refractivity contribution < 1.29 is 19.4 Å². The Hall–Kier alpha value is -0.650. The molecule has 3 N–H and O–H groups in total. The van der Waals surface area contributed by atoms with Gasteiger partial charge >= 0.3 is 5.97 Å². The van der Waals surface area contributed by atoms with Gasteiger partial charge in [-0.25, -0.2) is 0 Å². The Kier molecular flexibility index (Phi) is 5.61. The SMILES string of the molecule is CCOC(OCC)C(N)C(=O)O. The van der Waals surface area contributed by atoms with Gasteiger partial charge in [-0.15, -0.1) is 0 Å². The second kappa shape index (κ2) is 5.93. The van der Waals surface area contributed by atoms with E-state index >= 15 is 0 Å². The molecule has 0 aliphatic heterocycles. The molecule has 5 nitrogen and oxygen atoms in total. The van der Waals surface area contributed by atoms with Crippen LogP contribution in [0.2, 0.25) is 0 Å². The highest BCUT2D eigenvalue weighted by molar-refractivity contribution is 5.73. The number of nitrogens with two attached hydrogens (primary N) is 1. The Balaban J connectivity index is 3.98. The Morgan fingerprint density at radius 2 is 1.83 bits per heavy atom. The fourth-order valence-electron chi connectivity index (χ4n) is 0.700. The number of hydrogen-bond acceptors (Lipinski definition) is 4. The van der Waals surface area contributed by atoms with Gasteiger partial charge in [-0.1, -0.05) is 0 Å². The lowest BCUT2D eigenvalue weighted by Crippen LogP contribution is -2.44. The normalized spacial score (nSPS) is 13.3. The molecule has 0 fully saturated rings. The maximum absolute atomic E-state index is 10.4. The summed E-state index contributed by atoms with van der Waals surface area (Å²) in [5.41, 5.74) is 5.28. The van der Waals surface area contributed by atoms with Gasteiger partial charge in [-0.2, -0.15) is 0 Å². The smallest absolute Gasteiger partial charge is 0.325 e. The van der Waals surface area contributed by atoms with Gasteiger partial charge in [0.05, 0.1) is 0 Å². The predicted octanol–water partition coefficient (Wildman–Crippen LogP) is -0.203. The highest BCUT2D eigenvalue weighted by Gasteiger charge is 2.24. The molecule has 72 valence electrons. The van der Waals surface area contributed by atoms with Crippen LogP contribution in [0.1, 0.15) is 13.8 Å². The van der Waals surface area contributed by atoms with Gasteiger partial charge in [0, 0.05) is 13.2 Å². The van der Waals surface area contributed by atoms with Crippen molar-refractivity contribution >= 4 is 5.97 Å². The molecule has 0 spiro atoms. The molecule has 12 heavy (non-hydrogen) atoms. The Morgan fingerprint density at radius 1 is 1.42 bits per heavy atom. The Labute approximate surface area is 71.5 Å². The average molecular weight is 177 g/mol. The molecule has 0 aliphatic rings. The lowest BCUT2D eigenvalue weighted by Gasteiger charge is -2.19. The van der Waals surface area contributed by atoms with Crippen molar-refractivity contribution in [2.24, 2.45) is 5.73 Å². The second-order valence-electron chi connectivity index (χ2n) is 2.14. The standard InChI is InChI=1S/C7H15NO4/c1-3-11-7(12-4-2)5(8)6(9)10/h5,7H,3-4,8H2,1-2H3,(H,9,10). The minimum atomic E-state index is -1.12. The Morgan fingerprint density at radius 3 is 2.08 bits per heavy atom. The van der Waals surface area contributed by atoms with Crippen LogP contribution in [0.15, 0.2) is 0 Å². The van der Waals surface area contributed by atoms with Crippen LogP contribution < -0.4 is 5.73 Å². The van der Waals surface area contributed by atoms with Crippen molar-refractivity contribution in [1.82, 2.24) is 0 Å². The van der Waals surface area contributed by atoms with E-state index in [1.54, 1.807) is 13.8 Å². The van der Waals surface area contributed by atoms with Crippen LogP contribution in [0.25, 0.3) is 0 Å². The van der Waals surface area contributed by atoms with Gasteiger partial charge in [0.1, 0.15) is 0 Å². The molecule has 0 amide bonds. The number of carboxylic acids is 1. The molecule has 0 saturated heterocycles. The summed E-state index contributed by atoms with van der Waals surface area (Å²) < 4.78 is 9.95. The van der Waals surface area contributed by atoms with Crippen LogP contribution in [0.5, 0.6) is 0 Å². The lowest BCUT2D eigenvalue weighted by atomic mass is 10.3. The minimum absolute atomic E-state index is 0.381. The first-order chi connectivity index (χ1) is 5.63. The minimum Gasteiger partial charge on any atom is -0.480 e. The van der Waals surface area contributed by atoms with Crippen molar-refractivity contribution in [3.63, 3.8) is 0 Å². The molecular weight excluding hydrogens is 162 g/mol. The second-order valence-corrected chi connectivity index (χ2v) is 2.14. The molecule has 0 aliphatic carbocycles. The van der Waals surface area contributed by atoms with Crippen LogP contribution in [-0.4, -0.2) is 36.6 Å². The topological polar surface area (TPSA) is 81.8 Å². The highest BCUT2D eigenvalue weighted by Crippen LogP contribution is 1.99. The van der Waals surface area contributed by atoms with E-state index in [-0.39, 0.29) is 0 Å². The van der Waals surface area contributed by atoms with Crippen LogP contribution >= 0.6 is 0 Å². The first kappa shape index (κ1) is 11.4. The van der Waals surface area contributed by atoms with Crippen molar-refractivity contribution in [3.8, 4) is 0 Å². The fourth-order valence-corrected chi connectivity index (χ4v) is 0.700. The maximum Gasteiger partial charge on any atom is 0.325 e. The number of rotatable bonds is 6. The summed E-state index contributed by atoms with van der Waals surface area (Å²) in [4.78, 5) is 10.4. The average Bonchev–Trinajstić information content (AvgIpc) is 2.03. The summed E-state index contributed by atoms with van der Waals surface area (Å²) in [7, 11) is 0. The van der Waals surface area contributed by atoms with E-state index in [1.807, 2.05) is 0 Å². The number of carboxylic acid groups (broad SMARTS) is 1.